The smallest absolute Gasteiger partial charge is 0.237 e. The van der Waals surface area contributed by atoms with Gasteiger partial charge in [-0.25, -0.2) is 0 Å². The van der Waals surface area contributed by atoms with Crippen LogP contribution in [0.25, 0.3) is 0 Å². The van der Waals surface area contributed by atoms with E-state index in [0.717, 1.165) is 45.6 Å². The van der Waals surface area contributed by atoms with Crippen LogP contribution in [0, 0.1) is 0 Å². The van der Waals surface area contributed by atoms with Crippen molar-refractivity contribution in [2.24, 2.45) is 11.5 Å². The van der Waals surface area contributed by atoms with E-state index in [9.17, 15) is 4.79 Å². The van der Waals surface area contributed by atoms with Crippen LogP contribution in [0.2, 0.25) is 0 Å². The largest absolute Gasteiger partial charge is 0.379 e. The number of carbonyl (C=O) groups excluding carboxylic acids is 1. The predicted octanol–water partition coefficient (Wildman–Crippen LogP) is -0.556. The van der Waals surface area contributed by atoms with Crippen LogP contribution in [0.15, 0.2) is 0 Å². The Morgan fingerprint density at radius 1 is 1.38 bits per heavy atom. The SMILES string of the molecule is NC(=O)C1(N)CCCC(N2CCOCC2)C1. The molecule has 16 heavy (non-hydrogen) atoms. The Kier molecular flexibility index (Phi) is 3.47. The van der Waals surface area contributed by atoms with Crippen LogP contribution in [0.1, 0.15) is 25.7 Å². The van der Waals surface area contributed by atoms with Crippen molar-refractivity contribution < 1.29 is 9.53 Å². The predicted molar refractivity (Wildman–Crippen MR) is 60.8 cm³/mol. The van der Waals surface area contributed by atoms with Crippen LogP contribution in [-0.2, 0) is 9.53 Å². The summed E-state index contributed by atoms with van der Waals surface area (Å²) >= 11 is 0. The van der Waals surface area contributed by atoms with Gasteiger partial charge in [0.1, 0.15) is 0 Å². The maximum absolute atomic E-state index is 11.4. The van der Waals surface area contributed by atoms with Gasteiger partial charge in [-0.2, -0.15) is 0 Å². The van der Waals surface area contributed by atoms with Gasteiger partial charge < -0.3 is 16.2 Å². The molecule has 2 rings (SSSR count). The number of morpholine rings is 1. The third-order valence-electron chi connectivity index (χ3n) is 3.81. The van der Waals surface area contributed by atoms with Crippen molar-refractivity contribution in [3.63, 3.8) is 0 Å². The zero-order valence-corrected chi connectivity index (χ0v) is 9.65. The van der Waals surface area contributed by atoms with Gasteiger partial charge in [0.05, 0.1) is 18.8 Å². The normalized spacial score (nSPS) is 37.2. The highest BCUT2D eigenvalue weighted by molar-refractivity contribution is 5.84. The van der Waals surface area contributed by atoms with E-state index in [0.29, 0.717) is 12.5 Å². The van der Waals surface area contributed by atoms with E-state index in [-0.39, 0.29) is 5.91 Å². The first-order chi connectivity index (χ1) is 7.62. The number of hydrogen-bond acceptors (Lipinski definition) is 4. The molecule has 92 valence electrons. The molecule has 1 aliphatic carbocycles. The number of primary amides is 1. The molecule has 0 bridgehead atoms. The fraction of sp³-hybridized carbons (Fsp3) is 0.909. The highest BCUT2D eigenvalue weighted by atomic mass is 16.5. The van der Waals surface area contributed by atoms with E-state index in [4.69, 9.17) is 16.2 Å². The van der Waals surface area contributed by atoms with Crippen molar-refractivity contribution in [1.82, 2.24) is 4.90 Å². The van der Waals surface area contributed by atoms with E-state index in [1.807, 2.05) is 0 Å². The summed E-state index contributed by atoms with van der Waals surface area (Å²) in [5.74, 6) is -0.356. The van der Waals surface area contributed by atoms with Gasteiger partial charge in [0, 0.05) is 19.1 Å². The fourth-order valence-electron chi connectivity index (χ4n) is 2.76. The minimum absolute atomic E-state index is 0.356. The second-order valence-electron chi connectivity index (χ2n) is 4.92. The van der Waals surface area contributed by atoms with Crippen molar-refractivity contribution in [1.29, 1.82) is 0 Å². The molecule has 0 radical (unpaired) electrons. The summed E-state index contributed by atoms with van der Waals surface area (Å²) in [4.78, 5) is 13.7. The molecule has 1 saturated heterocycles. The molecule has 0 aromatic carbocycles. The number of carbonyl (C=O) groups is 1. The molecule has 0 aromatic heterocycles. The molecule has 2 fully saturated rings. The van der Waals surface area contributed by atoms with Gasteiger partial charge >= 0.3 is 0 Å². The Balaban J connectivity index is 1.98. The topological polar surface area (TPSA) is 81.6 Å². The molecule has 0 aromatic rings. The summed E-state index contributed by atoms with van der Waals surface area (Å²) in [6.45, 7) is 3.45. The summed E-state index contributed by atoms with van der Waals surface area (Å²) in [6, 6.07) is 0.398. The van der Waals surface area contributed by atoms with Gasteiger partial charge in [0.15, 0.2) is 0 Å². The number of nitrogens with zero attached hydrogens (tertiary/aromatic N) is 1. The van der Waals surface area contributed by atoms with E-state index in [1.54, 1.807) is 0 Å². The Hall–Kier alpha value is -0.650. The Labute approximate surface area is 96.1 Å². The fourth-order valence-corrected chi connectivity index (χ4v) is 2.76. The monoisotopic (exact) mass is 227 g/mol. The van der Waals surface area contributed by atoms with Gasteiger partial charge in [-0.1, -0.05) is 0 Å². The lowest BCUT2D eigenvalue weighted by atomic mass is 9.78. The minimum atomic E-state index is -0.790. The van der Waals surface area contributed by atoms with Gasteiger partial charge in [-0.3, -0.25) is 9.69 Å². The molecule has 1 aliphatic heterocycles. The maximum Gasteiger partial charge on any atom is 0.237 e. The third-order valence-corrected chi connectivity index (χ3v) is 3.81. The summed E-state index contributed by atoms with van der Waals surface area (Å²) in [7, 11) is 0. The lowest BCUT2D eigenvalue weighted by molar-refractivity contribution is -0.125. The summed E-state index contributed by atoms with van der Waals surface area (Å²) in [6.07, 6.45) is 3.53. The highest BCUT2D eigenvalue weighted by Crippen LogP contribution is 2.29. The lowest BCUT2D eigenvalue weighted by Gasteiger charge is -2.42. The van der Waals surface area contributed by atoms with Crippen molar-refractivity contribution in [3.8, 4) is 0 Å². The van der Waals surface area contributed by atoms with Gasteiger partial charge in [-0.15, -0.1) is 0 Å². The molecule has 5 nitrogen and oxygen atoms in total. The number of amides is 1. The molecule has 1 heterocycles. The van der Waals surface area contributed by atoms with Gasteiger partial charge in [-0.05, 0) is 25.7 Å². The third kappa shape index (κ3) is 2.36. The van der Waals surface area contributed by atoms with E-state index < -0.39 is 5.54 Å². The van der Waals surface area contributed by atoms with Crippen molar-refractivity contribution in [2.75, 3.05) is 26.3 Å². The van der Waals surface area contributed by atoms with Crippen LogP contribution >= 0.6 is 0 Å². The standard InChI is InChI=1S/C11H21N3O2/c12-10(15)11(13)3-1-2-9(8-11)14-4-6-16-7-5-14/h9H,1-8,13H2,(H2,12,15). The van der Waals surface area contributed by atoms with Crippen LogP contribution in [0.4, 0.5) is 0 Å². The summed E-state index contributed by atoms with van der Waals surface area (Å²) in [5, 5.41) is 0. The molecule has 2 unspecified atom stereocenters. The first-order valence-corrected chi connectivity index (χ1v) is 6.02. The second kappa shape index (κ2) is 4.69. The van der Waals surface area contributed by atoms with E-state index in [2.05, 4.69) is 4.90 Å². The second-order valence-corrected chi connectivity index (χ2v) is 4.92. The summed E-state index contributed by atoms with van der Waals surface area (Å²) in [5.41, 5.74) is 10.7. The van der Waals surface area contributed by atoms with Crippen molar-refractivity contribution in [2.45, 2.75) is 37.3 Å². The van der Waals surface area contributed by atoms with E-state index >= 15 is 0 Å². The number of ether oxygens (including phenoxy) is 1. The molecule has 2 aliphatic rings. The first-order valence-electron chi connectivity index (χ1n) is 6.02. The van der Waals surface area contributed by atoms with Gasteiger partial charge in [0.2, 0.25) is 5.91 Å². The van der Waals surface area contributed by atoms with Gasteiger partial charge in [0.25, 0.3) is 0 Å². The maximum atomic E-state index is 11.4. The zero-order chi connectivity index (χ0) is 11.6. The molecule has 2 atom stereocenters. The van der Waals surface area contributed by atoms with Crippen molar-refractivity contribution in [3.05, 3.63) is 0 Å². The number of rotatable bonds is 2. The lowest BCUT2D eigenvalue weighted by Crippen LogP contribution is -2.59. The first kappa shape index (κ1) is 11.8. The molecule has 5 heteroatoms. The van der Waals surface area contributed by atoms with Crippen LogP contribution < -0.4 is 11.5 Å². The minimum Gasteiger partial charge on any atom is -0.379 e. The van der Waals surface area contributed by atoms with Crippen molar-refractivity contribution >= 4 is 5.91 Å². The zero-order valence-electron chi connectivity index (χ0n) is 9.65. The molecular weight excluding hydrogens is 206 g/mol. The average Bonchev–Trinajstić information content (AvgIpc) is 2.30. The van der Waals surface area contributed by atoms with Crippen LogP contribution in [0.3, 0.4) is 0 Å². The van der Waals surface area contributed by atoms with Crippen LogP contribution in [0.5, 0.6) is 0 Å². The molecule has 1 amide bonds. The summed E-state index contributed by atoms with van der Waals surface area (Å²) < 4.78 is 5.33. The Bertz CT molecular complexity index is 266. The Morgan fingerprint density at radius 2 is 2.06 bits per heavy atom. The van der Waals surface area contributed by atoms with E-state index in [1.165, 1.54) is 0 Å². The molecular formula is C11H21N3O2. The average molecular weight is 227 g/mol. The molecule has 1 saturated carbocycles. The Morgan fingerprint density at radius 3 is 2.69 bits per heavy atom. The quantitative estimate of drug-likeness (QED) is 0.663. The number of nitrogens with two attached hydrogens (primary N) is 2. The highest BCUT2D eigenvalue weighted by Gasteiger charge is 2.39. The van der Waals surface area contributed by atoms with Crippen LogP contribution in [-0.4, -0.2) is 48.7 Å². The molecule has 0 spiro atoms. The number of hydrogen-bond donors (Lipinski definition) is 2. The molecule has 4 N–H and O–H groups in total.